The number of carbonyl (C=O) groups is 1. The average molecular weight is 341 g/mol. The Morgan fingerprint density at radius 3 is 2.28 bits per heavy atom. The maximum atomic E-state index is 12.9. The molecule has 0 heterocycles. The number of nitrogens with one attached hydrogen (secondary N) is 1. The lowest BCUT2D eigenvalue weighted by atomic mass is 10.0. The first-order valence-electron chi connectivity index (χ1n) is 8.33. The molecule has 25 heavy (non-hydrogen) atoms. The van der Waals surface area contributed by atoms with Gasteiger partial charge in [-0.15, -0.1) is 0 Å². The third-order valence-electron chi connectivity index (χ3n) is 4.50. The van der Waals surface area contributed by atoms with Gasteiger partial charge in [-0.2, -0.15) is 0 Å². The second-order valence-corrected chi connectivity index (χ2v) is 6.10. The Hall–Kier alpha value is -2.69. The Labute approximate surface area is 147 Å². The van der Waals surface area contributed by atoms with Crippen molar-refractivity contribution in [3.8, 4) is 17.2 Å². The molecule has 3 rings (SSSR count). The van der Waals surface area contributed by atoms with Crippen LogP contribution in [0.5, 0.6) is 17.2 Å². The Balaban J connectivity index is 1.84. The molecule has 1 unspecified atom stereocenters. The molecule has 0 spiro atoms. The number of rotatable bonds is 7. The van der Waals surface area contributed by atoms with Crippen LogP contribution in [0.25, 0.3) is 0 Å². The van der Waals surface area contributed by atoms with E-state index in [4.69, 9.17) is 14.2 Å². The normalized spacial score (nSPS) is 14.5. The quantitative estimate of drug-likeness (QED) is 0.836. The molecule has 1 aliphatic rings. The maximum Gasteiger partial charge on any atom is 0.255 e. The van der Waals surface area contributed by atoms with E-state index in [9.17, 15) is 4.79 Å². The Bertz CT molecular complexity index is 738. The van der Waals surface area contributed by atoms with E-state index in [2.05, 4.69) is 5.32 Å². The van der Waals surface area contributed by atoms with Gasteiger partial charge in [0.1, 0.15) is 5.75 Å². The number of methoxy groups -OCH3 is 3. The molecule has 1 atom stereocenters. The lowest BCUT2D eigenvalue weighted by Gasteiger charge is -2.20. The fraction of sp³-hybridized carbons (Fsp3) is 0.350. The third-order valence-corrected chi connectivity index (χ3v) is 4.50. The highest BCUT2D eigenvalue weighted by Crippen LogP contribution is 2.42. The molecular formula is C20H23NO4. The topological polar surface area (TPSA) is 56.8 Å². The predicted octanol–water partition coefficient (Wildman–Crippen LogP) is 3.59. The van der Waals surface area contributed by atoms with Gasteiger partial charge >= 0.3 is 0 Å². The molecule has 132 valence electrons. The van der Waals surface area contributed by atoms with Gasteiger partial charge in [-0.1, -0.05) is 18.2 Å². The van der Waals surface area contributed by atoms with E-state index in [0.29, 0.717) is 23.0 Å². The van der Waals surface area contributed by atoms with Crippen LogP contribution >= 0.6 is 0 Å². The number of amides is 1. The number of hydrogen-bond acceptors (Lipinski definition) is 4. The van der Waals surface area contributed by atoms with Gasteiger partial charge in [0.25, 0.3) is 5.91 Å². The molecule has 2 aromatic carbocycles. The summed E-state index contributed by atoms with van der Waals surface area (Å²) >= 11 is 0. The van der Waals surface area contributed by atoms with E-state index in [1.54, 1.807) is 32.4 Å². The molecule has 0 aromatic heterocycles. The second-order valence-electron chi connectivity index (χ2n) is 6.10. The molecule has 2 aromatic rings. The minimum absolute atomic E-state index is 0.0192. The number of benzene rings is 2. The fourth-order valence-electron chi connectivity index (χ4n) is 3.00. The highest BCUT2D eigenvalue weighted by atomic mass is 16.5. The van der Waals surface area contributed by atoms with Gasteiger partial charge in [0.15, 0.2) is 11.5 Å². The molecule has 5 nitrogen and oxygen atoms in total. The Morgan fingerprint density at radius 1 is 1.00 bits per heavy atom. The summed E-state index contributed by atoms with van der Waals surface area (Å²) in [6.07, 6.45) is 2.23. The van der Waals surface area contributed by atoms with Crippen LogP contribution in [0.2, 0.25) is 0 Å². The molecule has 5 heteroatoms. The predicted molar refractivity (Wildman–Crippen MR) is 95.5 cm³/mol. The van der Waals surface area contributed by atoms with Crippen molar-refractivity contribution in [3.63, 3.8) is 0 Å². The lowest BCUT2D eigenvalue weighted by molar-refractivity contribution is 0.0928. The van der Waals surface area contributed by atoms with Crippen molar-refractivity contribution in [1.29, 1.82) is 0 Å². The van der Waals surface area contributed by atoms with E-state index >= 15 is 0 Å². The van der Waals surface area contributed by atoms with Crippen molar-refractivity contribution in [2.24, 2.45) is 5.92 Å². The van der Waals surface area contributed by atoms with Crippen LogP contribution in [0.4, 0.5) is 0 Å². The molecule has 1 N–H and O–H groups in total. The third kappa shape index (κ3) is 3.71. The smallest absolute Gasteiger partial charge is 0.255 e. The summed E-state index contributed by atoms with van der Waals surface area (Å²) in [6.45, 7) is 0. The maximum absolute atomic E-state index is 12.9. The summed E-state index contributed by atoms with van der Waals surface area (Å²) in [4.78, 5) is 12.9. The molecule has 1 amide bonds. The van der Waals surface area contributed by atoms with Gasteiger partial charge in [0, 0.05) is 0 Å². The van der Waals surface area contributed by atoms with Gasteiger partial charge in [0.2, 0.25) is 0 Å². The van der Waals surface area contributed by atoms with Crippen LogP contribution in [-0.4, -0.2) is 27.2 Å². The Kier molecular flexibility index (Phi) is 5.12. The number of carbonyl (C=O) groups excluding carboxylic acids is 1. The first kappa shape index (κ1) is 17.1. The minimum Gasteiger partial charge on any atom is -0.497 e. The van der Waals surface area contributed by atoms with E-state index in [1.165, 1.54) is 7.11 Å². The summed E-state index contributed by atoms with van der Waals surface area (Å²) in [5.41, 5.74) is 1.56. The summed E-state index contributed by atoms with van der Waals surface area (Å²) in [6, 6.07) is 13.1. The summed E-state index contributed by atoms with van der Waals surface area (Å²) in [5.74, 6) is 2.10. The van der Waals surface area contributed by atoms with Crippen LogP contribution in [0.3, 0.4) is 0 Å². The SMILES string of the molecule is COc1ccc(C(NC(=O)c2cccc(OC)c2OC)C2CC2)cc1. The summed E-state index contributed by atoms with van der Waals surface area (Å²) < 4.78 is 15.9. The highest BCUT2D eigenvalue weighted by Gasteiger charge is 2.34. The first-order chi connectivity index (χ1) is 12.2. The molecule has 1 fully saturated rings. The minimum atomic E-state index is -0.163. The van der Waals surface area contributed by atoms with Gasteiger partial charge in [0.05, 0.1) is 32.9 Å². The largest absolute Gasteiger partial charge is 0.497 e. The lowest BCUT2D eigenvalue weighted by Crippen LogP contribution is -2.30. The van der Waals surface area contributed by atoms with Crippen LogP contribution in [0.1, 0.15) is 34.8 Å². The molecule has 0 bridgehead atoms. The van der Waals surface area contributed by atoms with E-state index in [1.807, 2.05) is 24.3 Å². The average Bonchev–Trinajstić information content (AvgIpc) is 3.50. The second kappa shape index (κ2) is 7.47. The molecule has 0 aliphatic heterocycles. The standard InChI is InChI=1S/C20H23NO4/c1-23-15-11-9-14(10-12-15)18(13-7-8-13)21-20(22)16-5-4-6-17(24-2)19(16)25-3/h4-6,9-13,18H,7-8H2,1-3H3,(H,21,22). The molecule has 1 saturated carbocycles. The van der Waals surface area contributed by atoms with Gasteiger partial charge < -0.3 is 19.5 Å². The van der Waals surface area contributed by atoms with Gasteiger partial charge in [-0.25, -0.2) is 0 Å². The van der Waals surface area contributed by atoms with Crippen LogP contribution in [0, 0.1) is 5.92 Å². The van der Waals surface area contributed by atoms with Gasteiger partial charge in [-0.3, -0.25) is 4.79 Å². The van der Waals surface area contributed by atoms with Crippen molar-refractivity contribution in [1.82, 2.24) is 5.32 Å². The molecule has 0 radical (unpaired) electrons. The number of ether oxygens (including phenoxy) is 3. The van der Waals surface area contributed by atoms with Crippen molar-refractivity contribution in [3.05, 3.63) is 53.6 Å². The summed E-state index contributed by atoms with van der Waals surface area (Å²) in [5, 5.41) is 3.16. The van der Waals surface area contributed by atoms with Crippen LogP contribution in [0.15, 0.2) is 42.5 Å². The molecule has 0 saturated heterocycles. The number of para-hydroxylation sites is 1. The molecular weight excluding hydrogens is 318 g/mol. The van der Waals surface area contributed by atoms with Crippen LogP contribution < -0.4 is 19.5 Å². The highest BCUT2D eigenvalue weighted by molar-refractivity contribution is 5.98. The van der Waals surface area contributed by atoms with Crippen molar-refractivity contribution < 1.29 is 19.0 Å². The van der Waals surface area contributed by atoms with E-state index < -0.39 is 0 Å². The van der Waals surface area contributed by atoms with E-state index in [0.717, 1.165) is 24.2 Å². The van der Waals surface area contributed by atoms with E-state index in [-0.39, 0.29) is 11.9 Å². The van der Waals surface area contributed by atoms with Crippen molar-refractivity contribution in [2.45, 2.75) is 18.9 Å². The summed E-state index contributed by atoms with van der Waals surface area (Å²) in [7, 11) is 4.74. The zero-order valence-corrected chi connectivity index (χ0v) is 14.7. The van der Waals surface area contributed by atoms with Gasteiger partial charge in [-0.05, 0) is 48.6 Å². The monoisotopic (exact) mass is 341 g/mol. The zero-order chi connectivity index (χ0) is 17.8. The zero-order valence-electron chi connectivity index (χ0n) is 14.7. The Morgan fingerprint density at radius 2 is 1.72 bits per heavy atom. The first-order valence-corrected chi connectivity index (χ1v) is 8.33. The van der Waals surface area contributed by atoms with Crippen molar-refractivity contribution >= 4 is 5.91 Å². The number of hydrogen-bond donors (Lipinski definition) is 1. The van der Waals surface area contributed by atoms with Crippen LogP contribution in [-0.2, 0) is 0 Å². The van der Waals surface area contributed by atoms with Crippen molar-refractivity contribution in [2.75, 3.05) is 21.3 Å². The fourth-order valence-corrected chi connectivity index (χ4v) is 3.00. The molecule has 1 aliphatic carbocycles.